The van der Waals surface area contributed by atoms with E-state index < -0.39 is 10.0 Å². The van der Waals surface area contributed by atoms with E-state index in [-0.39, 0.29) is 11.4 Å². The van der Waals surface area contributed by atoms with Crippen molar-refractivity contribution in [2.24, 2.45) is 0 Å². The Hall–Kier alpha value is -1.33. The molecule has 1 N–H and O–H groups in total. The molecular formula is C13H19NO3S. The standard InChI is InChI=1S/C13H19NO3S/c1-4-8-14-18(15,16)12-6-7-13(11(3)10-12)17-9-5-2/h4,6-7,10,14H,1,5,8-9H2,2-3H3. The maximum absolute atomic E-state index is 11.9. The van der Waals surface area contributed by atoms with Crippen molar-refractivity contribution in [3.05, 3.63) is 36.4 Å². The Kier molecular flexibility index (Phi) is 5.37. The molecule has 5 heteroatoms. The SMILES string of the molecule is C=CCNS(=O)(=O)c1ccc(OCCC)c(C)c1. The Morgan fingerprint density at radius 3 is 2.72 bits per heavy atom. The predicted molar refractivity (Wildman–Crippen MR) is 72.4 cm³/mol. The number of hydrogen-bond acceptors (Lipinski definition) is 3. The summed E-state index contributed by atoms with van der Waals surface area (Å²) in [6.07, 6.45) is 2.42. The lowest BCUT2D eigenvalue weighted by Gasteiger charge is -2.10. The summed E-state index contributed by atoms with van der Waals surface area (Å²) in [7, 11) is -3.46. The molecule has 100 valence electrons. The molecule has 0 saturated carbocycles. The van der Waals surface area contributed by atoms with Gasteiger partial charge in [-0.1, -0.05) is 13.0 Å². The molecule has 4 nitrogen and oxygen atoms in total. The summed E-state index contributed by atoms with van der Waals surface area (Å²) >= 11 is 0. The molecular weight excluding hydrogens is 250 g/mol. The van der Waals surface area contributed by atoms with E-state index in [0.29, 0.717) is 6.61 Å². The van der Waals surface area contributed by atoms with Crippen LogP contribution in [0.2, 0.25) is 0 Å². The van der Waals surface area contributed by atoms with Crippen LogP contribution in [0.25, 0.3) is 0 Å². The highest BCUT2D eigenvalue weighted by atomic mass is 32.2. The van der Waals surface area contributed by atoms with E-state index in [1.54, 1.807) is 18.2 Å². The van der Waals surface area contributed by atoms with Gasteiger partial charge in [-0.2, -0.15) is 0 Å². The maximum atomic E-state index is 11.9. The number of hydrogen-bond donors (Lipinski definition) is 1. The van der Waals surface area contributed by atoms with E-state index in [4.69, 9.17) is 4.74 Å². The summed E-state index contributed by atoms with van der Waals surface area (Å²) in [6, 6.07) is 4.84. The Labute approximate surface area is 109 Å². The van der Waals surface area contributed by atoms with Gasteiger partial charge in [0.15, 0.2) is 0 Å². The van der Waals surface area contributed by atoms with Crippen molar-refractivity contribution < 1.29 is 13.2 Å². The van der Waals surface area contributed by atoms with Gasteiger partial charge in [0, 0.05) is 6.54 Å². The number of benzene rings is 1. The first-order valence-corrected chi connectivity index (χ1v) is 7.33. The van der Waals surface area contributed by atoms with Crippen LogP contribution in [0.1, 0.15) is 18.9 Å². The third kappa shape index (κ3) is 3.85. The van der Waals surface area contributed by atoms with E-state index in [1.165, 1.54) is 6.08 Å². The Balaban J connectivity index is 2.93. The zero-order valence-electron chi connectivity index (χ0n) is 10.8. The minimum atomic E-state index is -3.46. The Bertz CT molecular complexity index is 509. The Morgan fingerprint density at radius 2 is 2.17 bits per heavy atom. The van der Waals surface area contributed by atoms with Crippen molar-refractivity contribution in [2.45, 2.75) is 25.2 Å². The first-order chi connectivity index (χ1) is 8.51. The molecule has 0 aliphatic rings. The number of sulfonamides is 1. The molecule has 0 unspecified atom stereocenters. The first kappa shape index (κ1) is 14.7. The van der Waals surface area contributed by atoms with Gasteiger partial charge in [-0.25, -0.2) is 13.1 Å². The molecule has 0 aromatic heterocycles. The number of rotatable bonds is 7. The van der Waals surface area contributed by atoms with Crippen LogP contribution >= 0.6 is 0 Å². The topological polar surface area (TPSA) is 55.4 Å². The molecule has 0 aliphatic carbocycles. The van der Waals surface area contributed by atoms with Crippen molar-refractivity contribution in [1.82, 2.24) is 4.72 Å². The molecule has 18 heavy (non-hydrogen) atoms. The summed E-state index contributed by atoms with van der Waals surface area (Å²) in [5.41, 5.74) is 0.810. The molecule has 0 amide bonds. The molecule has 0 atom stereocenters. The van der Waals surface area contributed by atoms with E-state index in [1.807, 2.05) is 13.8 Å². The molecule has 0 aliphatic heterocycles. The second-order valence-corrected chi connectivity index (χ2v) is 5.68. The average molecular weight is 269 g/mol. The summed E-state index contributed by atoms with van der Waals surface area (Å²) < 4.78 is 31.7. The summed E-state index contributed by atoms with van der Waals surface area (Å²) in [6.45, 7) is 8.17. The second-order valence-electron chi connectivity index (χ2n) is 3.92. The van der Waals surface area contributed by atoms with Crippen LogP contribution in [0, 0.1) is 6.92 Å². The summed E-state index contributed by atoms with van der Waals surface area (Å²) in [5, 5.41) is 0. The van der Waals surface area contributed by atoms with E-state index in [0.717, 1.165) is 17.7 Å². The lowest BCUT2D eigenvalue weighted by atomic mass is 10.2. The second kappa shape index (κ2) is 6.56. The zero-order chi connectivity index (χ0) is 13.6. The van der Waals surface area contributed by atoms with Gasteiger partial charge >= 0.3 is 0 Å². The lowest BCUT2D eigenvalue weighted by molar-refractivity contribution is 0.315. The number of ether oxygens (including phenoxy) is 1. The highest BCUT2D eigenvalue weighted by Crippen LogP contribution is 2.21. The third-order valence-electron chi connectivity index (χ3n) is 2.34. The predicted octanol–water partition coefficient (Wildman–Crippen LogP) is 2.25. The van der Waals surface area contributed by atoms with Crippen molar-refractivity contribution in [1.29, 1.82) is 0 Å². The number of nitrogens with one attached hydrogen (secondary N) is 1. The largest absolute Gasteiger partial charge is 0.493 e. The van der Waals surface area contributed by atoms with Gasteiger partial charge in [0.1, 0.15) is 5.75 Å². The molecule has 1 aromatic carbocycles. The van der Waals surface area contributed by atoms with E-state index >= 15 is 0 Å². The van der Waals surface area contributed by atoms with Crippen LogP contribution in [-0.2, 0) is 10.0 Å². The third-order valence-corrected chi connectivity index (χ3v) is 3.76. The van der Waals surface area contributed by atoms with Gasteiger partial charge in [-0.15, -0.1) is 6.58 Å². The smallest absolute Gasteiger partial charge is 0.240 e. The summed E-state index contributed by atoms with van der Waals surface area (Å²) in [4.78, 5) is 0.241. The van der Waals surface area contributed by atoms with Gasteiger partial charge in [0.05, 0.1) is 11.5 Å². The molecule has 0 fully saturated rings. The van der Waals surface area contributed by atoms with Gasteiger partial charge in [0.25, 0.3) is 0 Å². The van der Waals surface area contributed by atoms with Crippen LogP contribution in [0.15, 0.2) is 35.7 Å². The van der Waals surface area contributed by atoms with Crippen LogP contribution in [0.3, 0.4) is 0 Å². The fourth-order valence-corrected chi connectivity index (χ4v) is 2.50. The fraction of sp³-hybridized carbons (Fsp3) is 0.385. The van der Waals surface area contributed by atoms with Gasteiger partial charge in [-0.3, -0.25) is 0 Å². The van der Waals surface area contributed by atoms with Crippen LogP contribution in [-0.4, -0.2) is 21.6 Å². The fourth-order valence-electron chi connectivity index (χ4n) is 1.41. The molecule has 0 bridgehead atoms. The van der Waals surface area contributed by atoms with Crippen molar-refractivity contribution in [2.75, 3.05) is 13.2 Å². The van der Waals surface area contributed by atoms with Crippen molar-refractivity contribution in [3.8, 4) is 5.75 Å². The highest BCUT2D eigenvalue weighted by Gasteiger charge is 2.14. The molecule has 1 aromatic rings. The molecule has 0 heterocycles. The van der Waals surface area contributed by atoms with E-state index in [9.17, 15) is 8.42 Å². The zero-order valence-corrected chi connectivity index (χ0v) is 11.6. The number of aryl methyl sites for hydroxylation is 1. The van der Waals surface area contributed by atoms with E-state index in [2.05, 4.69) is 11.3 Å². The van der Waals surface area contributed by atoms with Crippen LogP contribution in [0.4, 0.5) is 0 Å². The van der Waals surface area contributed by atoms with Crippen molar-refractivity contribution >= 4 is 10.0 Å². The molecule has 1 rings (SSSR count). The van der Waals surface area contributed by atoms with Gasteiger partial charge in [-0.05, 0) is 37.1 Å². The monoisotopic (exact) mass is 269 g/mol. The minimum absolute atomic E-state index is 0.218. The van der Waals surface area contributed by atoms with Crippen LogP contribution < -0.4 is 9.46 Å². The minimum Gasteiger partial charge on any atom is -0.493 e. The van der Waals surface area contributed by atoms with Gasteiger partial charge < -0.3 is 4.74 Å². The normalized spacial score (nSPS) is 11.2. The van der Waals surface area contributed by atoms with Crippen LogP contribution in [0.5, 0.6) is 5.75 Å². The maximum Gasteiger partial charge on any atom is 0.240 e. The Morgan fingerprint density at radius 1 is 1.44 bits per heavy atom. The quantitative estimate of drug-likeness (QED) is 0.772. The van der Waals surface area contributed by atoms with Crippen molar-refractivity contribution in [3.63, 3.8) is 0 Å². The molecule has 0 radical (unpaired) electrons. The first-order valence-electron chi connectivity index (χ1n) is 5.85. The molecule has 0 spiro atoms. The average Bonchev–Trinajstić information content (AvgIpc) is 2.35. The highest BCUT2D eigenvalue weighted by molar-refractivity contribution is 7.89. The lowest BCUT2D eigenvalue weighted by Crippen LogP contribution is -2.23. The summed E-state index contributed by atoms with van der Waals surface area (Å²) in [5.74, 6) is 0.722. The molecule has 0 saturated heterocycles. The van der Waals surface area contributed by atoms with Gasteiger partial charge in [0.2, 0.25) is 10.0 Å².